The maximum absolute atomic E-state index is 11.6. The van der Waals surface area contributed by atoms with E-state index < -0.39 is 6.03 Å². The van der Waals surface area contributed by atoms with E-state index in [1.807, 2.05) is 0 Å². The molecule has 3 N–H and O–H groups in total. The van der Waals surface area contributed by atoms with E-state index in [0.717, 1.165) is 25.7 Å². The Morgan fingerprint density at radius 1 is 1.36 bits per heavy atom. The molecule has 14 heavy (non-hydrogen) atoms. The Morgan fingerprint density at radius 3 is 2.50 bits per heavy atom. The van der Waals surface area contributed by atoms with E-state index in [1.54, 1.807) is 0 Å². The minimum atomic E-state index is -0.753. The number of rotatable bonds is 1. The molecule has 1 atom stereocenters. The zero-order valence-corrected chi connectivity index (χ0v) is 8.80. The first kappa shape index (κ1) is 11.0. The highest BCUT2D eigenvalue weighted by molar-refractivity contribution is 5.95. The molecule has 0 aromatic carbocycles. The number of nitrogens with two attached hydrogens (primary N) is 1. The van der Waals surface area contributed by atoms with Crippen molar-refractivity contribution in [1.29, 1.82) is 0 Å². The number of hydrogen-bond acceptors (Lipinski definition) is 2. The summed E-state index contributed by atoms with van der Waals surface area (Å²) in [5.74, 6) is -0.300. The molecule has 1 aliphatic carbocycles. The Balaban J connectivity index is 2.64. The minimum Gasteiger partial charge on any atom is -0.351 e. The normalized spacial score (nSPS) is 25.4. The molecule has 1 unspecified atom stereocenters. The molecule has 1 fully saturated rings. The van der Waals surface area contributed by atoms with Crippen LogP contribution in [-0.2, 0) is 4.79 Å². The fourth-order valence-corrected chi connectivity index (χ4v) is 2.19. The van der Waals surface area contributed by atoms with Crippen molar-refractivity contribution in [3.8, 4) is 0 Å². The largest absolute Gasteiger partial charge is 0.351 e. The molecular formula is C10H18N2O2. The smallest absolute Gasteiger partial charge is 0.318 e. The number of hydrogen-bond donors (Lipinski definition) is 2. The van der Waals surface area contributed by atoms with Crippen LogP contribution < -0.4 is 11.1 Å². The van der Waals surface area contributed by atoms with Crippen LogP contribution in [0.3, 0.4) is 0 Å². The molecule has 4 heteroatoms. The van der Waals surface area contributed by atoms with Crippen molar-refractivity contribution in [2.75, 3.05) is 0 Å². The van der Waals surface area contributed by atoms with E-state index in [1.165, 1.54) is 0 Å². The monoisotopic (exact) mass is 198 g/mol. The molecule has 0 aromatic rings. The van der Waals surface area contributed by atoms with Gasteiger partial charge in [-0.15, -0.1) is 0 Å². The van der Waals surface area contributed by atoms with E-state index >= 15 is 0 Å². The average molecular weight is 198 g/mol. The molecular weight excluding hydrogens is 180 g/mol. The highest BCUT2D eigenvalue weighted by Crippen LogP contribution is 2.40. The van der Waals surface area contributed by atoms with Gasteiger partial charge in [-0.2, -0.15) is 0 Å². The first-order valence-corrected chi connectivity index (χ1v) is 5.04. The fraction of sp³-hybridized carbons (Fsp3) is 0.800. The topological polar surface area (TPSA) is 72.2 Å². The zero-order chi connectivity index (χ0) is 10.8. The first-order valence-electron chi connectivity index (χ1n) is 5.04. The van der Waals surface area contributed by atoms with Gasteiger partial charge in [0.25, 0.3) is 0 Å². The standard InChI is InChI=1S/C10H18N2O2/c1-10(2)6-4-3-5-7(10)8(13)12-9(11)14/h7H,3-6H2,1-2H3,(H3,11,12,13,14). The van der Waals surface area contributed by atoms with Crippen LogP contribution in [0.4, 0.5) is 4.79 Å². The minimum absolute atomic E-state index is 0.0161. The van der Waals surface area contributed by atoms with E-state index in [0.29, 0.717) is 0 Å². The number of carbonyl (C=O) groups excluding carboxylic acids is 2. The van der Waals surface area contributed by atoms with Gasteiger partial charge in [-0.1, -0.05) is 26.7 Å². The van der Waals surface area contributed by atoms with Crippen molar-refractivity contribution in [2.24, 2.45) is 17.1 Å². The van der Waals surface area contributed by atoms with E-state index in [9.17, 15) is 9.59 Å². The van der Waals surface area contributed by atoms with Gasteiger partial charge in [-0.05, 0) is 18.3 Å². The summed E-state index contributed by atoms with van der Waals surface area (Å²) >= 11 is 0. The second kappa shape index (κ2) is 3.98. The van der Waals surface area contributed by atoms with Gasteiger partial charge in [0.2, 0.25) is 5.91 Å². The third-order valence-electron chi connectivity index (χ3n) is 3.07. The summed E-state index contributed by atoms with van der Waals surface area (Å²) < 4.78 is 0. The third-order valence-corrected chi connectivity index (χ3v) is 3.07. The van der Waals surface area contributed by atoms with Gasteiger partial charge in [0, 0.05) is 5.92 Å². The van der Waals surface area contributed by atoms with Crippen molar-refractivity contribution in [1.82, 2.24) is 5.32 Å². The zero-order valence-electron chi connectivity index (χ0n) is 8.80. The predicted molar refractivity (Wildman–Crippen MR) is 53.5 cm³/mol. The summed E-state index contributed by atoms with van der Waals surface area (Å²) in [4.78, 5) is 22.2. The van der Waals surface area contributed by atoms with Crippen LogP contribution in [-0.4, -0.2) is 11.9 Å². The number of urea groups is 1. The molecule has 1 saturated carbocycles. The SMILES string of the molecule is CC1(C)CCCCC1C(=O)NC(N)=O. The number of nitrogens with one attached hydrogen (secondary N) is 1. The third kappa shape index (κ3) is 2.47. The molecule has 3 amide bonds. The number of imide groups is 1. The van der Waals surface area contributed by atoms with Crippen LogP contribution >= 0.6 is 0 Å². The molecule has 1 rings (SSSR count). The van der Waals surface area contributed by atoms with Gasteiger partial charge in [0.1, 0.15) is 0 Å². The summed E-state index contributed by atoms with van der Waals surface area (Å²) in [6, 6.07) is -0.753. The molecule has 0 saturated heterocycles. The van der Waals surface area contributed by atoms with Gasteiger partial charge in [-0.3, -0.25) is 10.1 Å². The molecule has 4 nitrogen and oxygen atoms in total. The van der Waals surface area contributed by atoms with Crippen molar-refractivity contribution in [2.45, 2.75) is 39.5 Å². The Morgan fingerprint density at radius 2 is 2.00 bits per heavy atom. The van der Waals surface area contributed by atoms with Gasteiger partial charge >= 0.3 is 6.03 Å². The van der Waals surface area contributed by atoms with Gasteiger partial charge in [-0.25, -0.2) is 4.79 Å². The lowest BCUT2D eigenvalue weighted by Gasteiger charge is -2.37. The molecule has 0 spiro atoms. The van der Waals surface area contributed by atoms with Crippen LogP contribution in [0.25, 0.3) is 0 Å². The lowest BCUT2D eigenvalue weighted by Crippen LogP contribution is -2.45. The molecule has 0 bridgehead atoms. The molecule has 0 aliphatic heterocycles. The Hall–Kier alpha value is -1.06. The van der Waals surface area contributed by atoms with Crippen molar-refractivity contribution in [3.63, 3.8) is 0 Å². The molecule has 0 heterocycles. The molecule has 80 valence electrons. The second-order valence-electron chi connectivity index (χ2n) is 4.64. The number of carbonyl (C=O) groups is 2. The van der Waals surface area contributed by atoms with E-state index in [2.05, 4.69) is 19.2 Å². The van der Waals surface area contributed by atoms with E-state index in [4.69, 9.17) is 5.73 Å². The summed E-state index contributed by atoms with van der Waals surface area (Å²) in [6.07, 6.45) is 4.10. The van der Waals surface area contributed by atoms with E-state index in [-0.39, 0.29) is 17.2 Å². The van der Waals surface area contributed by atoms with Crippen molar-refractivity contribution < 1.29 is 9.59 Å². The van der Waals surface area contributed by atoms with Crippen LogP contribution in [0.1, 0.15) is 39.5 Å². The van der Waals surface area contributed by atoms with Crippen LogP contribution in [0, 0.1) is 11.3 Å². The predicted octanol–water partition coefficient (Wildman–Crippen LogP) is 1.40. The molecule has 0 aromatic heterocycles. The summed E-state index contributed by atoms with van der Waals surface area (Å²) in [5, 5.41) is 2.17. The first-order chi connectivity index (χ1) is 6.43. The Bertz CT molecular complexity index is 249. The quantitative estimate of drug-likeness (QED) is 0.668. The molecule has 0 radical (unpaired) electrons. The highest BCUT2D eigenvalue weighted by atomic mass is 16.2. The Labute approximate surface area is 84.2 Å². The lowest BCUT2D eigenvalue weighted by atomic mass is 9.68. The van der Waals surface area contributed by atoms with Gasteiger partial charge in [0.15, 0.2) is 0 Å². The van der Waals surface area contributed by atoms with Crippen LogP contribution in [0.5, 0.6) is 0 Å². The summed E-state index contributed by atoms with van der Waals surface area (Å²) in [7, 11) is 0. The average Bonchev–Trinajstić information content (AvgIpc) is 2.01. The fourth-order valence-electron chi connectivity index (χ4n) is 2.19. The maximum atomic E-state index is 11.6. The number of amides is 3. The van der Waals surface area contributed by atoms with Crippen molar-refractivity contribution >= 4 is 11.9 Å². The summed E-state index contributed by atoms with van der Waals surface area (Å²) in [5.41, 5.74) is 4.90. The highest BCUT2D eigenvalue weighted by Gasteiger charge is 2.37. The number of primary amides is 1. The van der Waals surface area contributed by atoms with Gasteiger partial charge in [0.05, 0.1) is 0 Å². The summed E-state index contributed by atoms with van der Waals surface area (Å²) in [6.45, 7) is 4.13. The maximum Gasteiger partial charge on any atom is 0.318 e. The van der Waals surface area contributed by atoms with Crippen molar-refractivity contribution in [3.05, 3.63) is 0 Å². The second-order valence-corrected chi connectivity index (χ2v) is 4.64. The van der Waals surface area contributed by atoms with Crippen LogP contribution in [0.2, 0.25) is 0 Å². The Kier molecular flexibility index (Phi) is 3.13. The van der Waals surface area contributed by atoms with Gasteiger partial charge < -0.3 is 5.73 Å². The molecule has 1 aliphatic rings. The lowest BCUT2D eigenvalue weighted by molar-refractivity contribution is -0.128. The van der Waals surface area contributed by atoms with Crippen LogP contribution in [0.15, 0.2) is 0 Å².